The standard InChI is InChI=1S/C19H25N3OS/c23-18(14-21-10-4-1-5-11-21)22-12-6-7-15(13-22)19-20-16-8-2-3-9-17(16)24-19/h2-3,8-9,15H,1,4-7,10-14H2/p+1/t15-/m1/s1. The zero-order chi connectivity index (χ0) is 16.4. The molecule has 2 fully saturated rings. The average Bonchev–Trinajstić information content (AvgIpc) is 3.07. The highest BCUT2D eigenvalue weighted by molar-refractivity contribution is 7.18. The van der Waals surface area contributed by atoms with Crippen molar-refractivity contribution in [2.45, 2.75) is 38.0 Å². The van der Waals surface area contributed by atoms with Crippen LogP contribution < -0.4 is 4.90 Å². The molecule has 3 heterocycles. The van der Waals surface area contributed by atoms with Crippen LogP contribution in [0.5, 0.6) is 0 Å². The predicted molar refractivity (Wildman–Crippen MR) is 97.6 cm³/mol. The predicted octanol–water partition coefficient (Wildman–Crippen LogP) is 2.07. The number of para-hydroxylation sites is 1. The van der Waals surface area contributed by atoms with Gasteiger partial charge in [0.1, 0.15) is 0 Å². The first kappa shape index (κ1) is 16.0. The summed E-state index contributed by atoms with van der Waals surface area (Å²) in [4.78, 5) is 21.1. The minimum atomic E-state index is 0.345. The molecule has 1 N–H and O–H groups in total. The summed E-state index contributed by atoms with van der Waals surface area (Å²) >= 11 is 1.80. The van der Waals surface area contributed by atoms with Crippen molar-refractivity contribution < 1.29 is 9.69 Å². The molecule has 1 atom stereocenters. The molecule has 1 amide bonds. The van der Waals surface area contributed by atoms with Gasteiger partial charge in [-0.3, -0.25) is 4.79 Å². The first-order valence-electron chi connectivity index (χ1n) is 9.26. The van der Waals surface area contributed by atoms with Crippen LogP contribution in [0.25, 0.3) is 10.2 Å². The molecular weight excluding hydrogens is 318 g/mol. The van der Waals surface area contributed by atoms with E-state index in [9.17, 15) is 4.79 Å². The Morgan fingerprint density at radius 2 is 2.04 bits per heavy atom. The number of hydrogen-bond donors (Lipinski definition) is 1. The summed E-state index contributed by atoms with van der Waals surface area (Å²) in [7, 11) is 0. The number of aromatic nitrogens is 1. The lowest BCUT2D eigenvalue weighted by Gasteiger charge is -2.33. The van der Waals surface area contributed by atoms with Crippen LogP contribution in [0.4, 0.5) is 0 Å². The Hall–Kier alpha value is -1.46. The Bertz CT molecular complexity index is 674. The van der Waals surface area contributed by atoms with Gasteiger partial charge in [0, 0.05) is 19.0 Å². The van der Waals surface area contributed by atoms with E-state index in [4.69, 9.17) is 4.98 Å². The van der Waals surface area contributed by atoms with Crippen LogP contribution in [-0.4, -0.2) is 48.5 Å². The van der Waals surface area contributed by atoms with Crippen LogP contribution in [0.1, 0.15) is 43.0 Å². The Morgan fingerprint density at radius 1 is 1.21 bits per heavy atom. The highest BCUT2D eigenvalue weighted by Crippen LogP contribution is 2.32. The van der Waals surface area contributed by atoms with E-state index in [1.54, 1.807) is 11.3 Å². The van der Waals surface area contributed by atoms with E-state index in [1.165, 1.54) is 47.0 Å². The molecule has 0 saturated carbocycles. The fraction of sp³-hybridized carbons (Fsp3) is 0.579. The van der Waals surface area contributed by atoms with E-state index in [-0.39, 0.29) is 0 Å². The number of benzene rings is 1. The molecule has 2 aliphatic rings. The topological polar surface area (TPSA) is 37.6 Å². The van der Waals surface area contributed by atoms with E-state index in [0.29, 0.717) is 18.4 Å². The zero-order valence-corrected chi connectivity index (χ0v) is 15.0. The lowest BCUT2D eigenvalue weighted by atomic mass is 9.98. The highest BCUT2D eigenvalue weighted by Gasteiger charge is 2.29. The molecule has 128 valence electrons. The van der Waals surface area contributed by atoms with Gasteiger partial charge in [-0.05, 0) is 44.2 Å². The molecule has 2 saturated heterocycles. The molecule has 5 heteroatoms. The molecule has 4 nitrogen and oxygen atoms in total. The van der Waals surface area contributed by atoms with Gasteiger partial charge in [0.15, 0.2) is 6.54 Å². The van der Waals surface area contributed by atoms with Crippen molar-refractivity contribution in [2.24, 2.45) is 0 Å². The minimum absolute atomic E-state index is 0.345. The monoisotopic (exact) mass is 344 g/mol. The Kier molecular flexibility index (Phi) is 4.81. The number of rotatable bonds is 3. The van der Waals surface area contributed by atoms with Crippen LogP contribution in [-0.2, 0) is 4.79 Å². The van der Waals surface area contributed by atoms with Crippen molar-refractivity contribution >= 4 is 27.5 Å². The molecule has 1 aromatic heterocycles. The maximum atomic E-state index is 12.7. The van der Waals surface area contributed by atoms with Crippen molar-refractivity contribution in [3.63, 3.8) is 0 Å². The van der Waals surface area contributed by atoms with Crippen molar-refractivity contribution in [3.05, 3.63) is 29.3 Å². The summed E-state index contributed by atoms with van der Waals surface area (Å²) in [6, 6.07) is 8.34. The zero-order valence-electron chi connectivity index (χ0n) is 14.2. The van der Waals surface area contributed by atoms with Crippen LogP contribution in [0.2, 0.25) is 0 Å². The number of quaternary nitrogens is 1. The Labute approximate surface area is 147 Å². The number of thiazole rings is 1. The number of fused-ring (bicyclic) bond motifs is 1. The van der Waals surface area contributed by atoms with Gasteiger partial charge < -0.3 is 9.80 Å². The van der Waals surface area contributed by atoms with Crippen LogP contribution in [0.15, 0.2) is 24.3 Å². The third-order valence-corrected chi connectivity index (χ3v) is 6.59. The second-order valence-electron chi connectivity index (χ2n) is 7.19. The average molecular weight is 345 g/mol. The summed E-state index contributed by atoms with van der Waals surface area (Å²) < 4.78 is 1.26. The second-order valence-corrected chi connectivity index (χ2v) is 8.25. The Morgan fingerprint density at radius 3 is 2.88 bits per heavy atom. The molecule has 0 bridgehead atoms. The van der Waals surface area contributed by atoms with Gasteiger partial charge in [0.2, 0.25) is 0 Å². The highest BCUT2D eigenvalue weighted by atomic mass is 32.1. The maximum absolute atomic E-state index is 12.7. The van der Waals surface area contributed by atoms with Gasteiger partial charge in [-0.2, -0.15) is 0 Å². The lowest BCUT2D eigenvalue weighted by Crippen LogP contribution is -3.13. The van der Waals surface area contributed by atoms with Gasteiger partial charge >= 0.3 is 0 Å². The van der Waals surface area contributed by atoms with Crippen LogP contribution >= 0.6 is 11.3 Å². The number of nitrogens with zero attached hydrogens (tertiary/aromatic N) is 2. The summed E-state index contributed by atoms with van der Waals surface area (Å²) in [6.07, 6.45) is 6.14. The van der Waals surface area contributed by atoms with E-state index >= 15 is 0 Å². The largest absolute Gasteiger partial charge is 0.337 e. The van der Waals surface area contributed by atoms with Crippen molar-refractivity contribution in [2.75, 3.05) is 32.7 Å². The van der Waals surface area contributed by atoms with Crippen molar-refractivity contribution in [1.82, 2.24) is 9.88 Å². The maximum Gasteiger partial charge on any atom is 0.277 e. The van der Waals surface area contributed by atoms with E-state index in [2.05, 4.69) is 23.1 Å². The summed E-state index contributed by atoms with van der Waals surface area (Å²) in [5.41, 5.74) is 1.10. The quantitative estimate of drug-likeness (QED) is 0.926. The summed E-state index contributed by atoms with van der Waals surface area (Å²) in [5.74, 6) is 0.758. The minimum Gasteiger partial charge on any atom is -0.337 e. The third kappa shape index (κ3) is 3.47. The van der Waals surface area contributed by atoms with Gasteiger partial charge in [0.05, 0.1) is 28.3 Å². The van der Waals surface area contributed by atoms with Gasteiger partial charge in [-0.1, -0.05) is 12.1 Å². The number of piperidine rings is 2. The molecule has 2 aliphatic heterocycles. The van der Waals surface area contributed by atoms with Gasteiger partial charge in [0.25, 0.3) is 5.91 Å². The molecule has 0 aliphatic carbocycles. The number of carbonyl (C=O) groups is 1. The van der Waals surface area contributed by atoms with Crippen molar-refractivity contribution in [3.8, 4) is 0 Å². The third-order valence-electron chi connectivity index (χ3n) is 5.40. The molecule has 0 unspecified atom stereocenters. The van der Waals surface area contributed by atoms with E-state index in [0.717, 1.165) is 31.4 Å². The number of likely N-dealkylation sites (tertiary alicyclic amines) is 2. The van der Waals surface area contributed by atoms with Crippen LogP contribution in [0, 0.1) is 0 Å². The molecular formula is C19H26N3OS+. The van der Waals surface area contributed by atoms with E-state index < -0.39 is 0 Å². The SMILES string of the molecule is O=C(C[NH+]1CCCCC1)N1CCC[C@@H](c2nc3ccccc3s2)C1. The normalized spacial score (nSPS) is 22.8. The van der Waals surface area contributed by atoms with Crippen molar-refractivity contribution in [1.29, 1.82) is 0 Å². The summed E-state index contributed by atoms with van der Waals surface area (Å²) in [5, 5.41) is 1.21. The first-order valence-corrected chi connectivity index (χ1v) is 10.1. The molecule has 2 aromatic rings. The second kappa shape index (κ2) is 7.19. The number of carbonyl (C=O) groups excluding carboxylic acids is 1. The molecule has 0 spiro atoms. The molecule has 24 heavy (non-hydrogen) atoms. The number of nitrogens with one attached hydrogen (secondary N) is 1. The first-order chi connectivity index (χ1) is 11.8. The fourth-order valence-electron chi connectivity index (χ4n) is 4.02. The van der Waals surface area contributed by atoms with Gasteiger partial charge in [-0.15, -0.1) is 11.3 Å². The summed E-state index contributed by atoms with van der Waals surface area (Å²) in [6.45, 7) is 4.80. The lowest BCUT2D eigenvalue weighted by molar-refractivity contribution is -0.897. The van der Waals surface area contributed by atoms with Crippen LogP contribution in [0.3, 0.4) is 0 Å². The van der Waals surface area contributed by atoms with Gasteiger partial charge in [-0.25, -0.2) is 4.98 Å². The smallest absolute Gasteiger partial charge is 0.277 e. The molecule has 1 aromatic carbocycles. The van der Waals surface area contributed by atoms with E-state index in [1.807, 2.05) is 6.07 Å². The Balaban J connectivity index is 1.42. The number of hydrogen-bond acceptors (Lipinski definition) is 3. The fourth-order valence-corrected chi connectivity index (χ4v) is 5.12. The molecule has 0 radical (unpaired) electrons. The molecule has 4 rings (SSSR count). The number of amides is 1.